The van der Waals surface area contributed by atoms with Crippen LogP contribution in [0.4, 0.5) is 0 Å². The summed E-state index contributed by atoms with van der Waals surface area (Å²) in [6.07, 6.45) is 4.69. The molecular weight excluding hydrogens is 380 g/mol. The molecule has 0 radical (unpaired) electrons. The van der Waals surface area contributed by atoms with Gasteiger partial charge in [-0.3, -0.25) is 9.59 Å². The molecule has 0 aromatic heterocycles. The first-order valence-electron chi connectivity index (χ1n) is 11.0. The molecule has 2 aliphatic heterocycles. The molecule has 3 fully saturated rings. The van der Waals surface area contributed by atoms with Crippen LogP contribution in [0.2, 0.25) is 0 Å². The highest BCUT2D eigenvalue weighted by Gasteiger charge is 2.50. The molecule has 1 aliphatic carbocycles. The van der Waals surface area contributed by atoms with E-state index in [9.17, 15) is 14.4 Å². The zero-order valence-electron chi connectivity index (χ0n) is 18.3. The predicted molar refractivity (Wildman–Crippen MR) is 113 cm³/mol. The Bertz CT molecular complexity index is 847. The second-order valence-corrected chi connectivity index (χ2v) is 10.4. The maximum Gasteiger partial charge on any atom is 0.338 e. The van der Waals surface area contributed by atoms with E-state index in [0.29, 0.717) is 18.5 Å². The fraction of sp³-hybridized carbons (Fsp3) is 0.625. The summed E-state index contributed by atoms with van der Waals surface area (Å²) in [5.74, 6) is -0.402. The van der Waals surface area contributed by atoms with Crippen LogP contribution >= 0.6 is 0 Å². The lowest BCUT2D eigenvalue weighted by Crippen LogP contribution is -2.39. The summed E-state index contributed by atoms with van der Waals surface area (Å²) in [5.41, 5.74) is 1.81. The molecule has 2 bridgehead atoms. The molecule has 2 heterocycles. The van der Waals surface area contributed by atoms with E-state index >= 15 is 0 Å². The molecule has 0 spiro atoms. The molecule has 1 aromatic rings. The number of nitrogens with zero attached hydrogens (tertiary/aromatic N) is 2. The van der Waals surface area contributed by atoms with Crippen molar-refractivity contribution in [2.75, 3.05) is 19.7 Å². The number of amides is 2. The van der Waals surface area contributed by atoms with Crippen molar-refractivity contribution in [1.82, 2.24) is 9.80 Å². The van der Waals surface area contributed by atoms with Crippen molar-refractivity contribution < 1.29 is 19.1 Å². The van der Waals surface area contributed by atoms with E-state index in [1.165, 1.54) is 0 Å². The number of ether oxygens (including phenoxy) is 1. The quantitative estimate of drug-likeness (QED) is 0.696. The van der Waals surface area contributed by atoms with Gasteiger partial charge in [0, 0.05) is 32.1 Å². The van der Waals surface area contributed by atoms with E-state index in [1.807, 2.05) is 21.9 Å². The van der Waals surface area contributed by atoms with Gasteiger partial charge in [0.1, 0.15) is 0 Å². The first kappa shape index (κ1) is 20.9. The largest absolute Gasteiger partial charge is 0.452 e. The normalized spacial score (nSPS) is 27.4. The monoisotopic (exact) mass is 412 g/mol. The molecule has 1 aromatic carbocycles. The van der Waals surface area contributed by atoms with Crippen LogP contribution in [0.3, 0.4) is 0 Å². The number of esters is 1. The molecule has 30 heavy (non-hydrogen) atoms. The SMILES string of the molecule is CC1(C)C[C@@H]2C[C@](C)(CN2C(=O)COC(=O)c2ccc(CN3CCCC3=O)cc2)C1. The summed E-state index contributed by atoms with van der Waals surface area (Å²) in [6, 6.07) is 7.34. The van der Waals surface area contributed by atoms with Crippen LogP contribution in [-0.2, 0) is 20.9 Å². The number of hydrogen-bond acceptors (Lipinski definition) is 4. The Hall–Kier alpha value is -2.37. The Labute approximate surface area is 178 Å². The number of carbonyl (C=O) groups is 3. The fourth-order valence-corrected chi connectivity index (χ4v) is 5.88. The molecule has 0 unspecified atom stereocenters. The lowest BCUT2D eigenvalue weighted by Gasteiger charge is -2.39. The highest BCUT2D eigenvalue weighted by atomic mass is 16.5. The lowest BCUT2D eigenvalue weighted by atomic mass is 9.65. The van der Waals surface area contributed by atoms with Gasteiger partial charge in [-0.05, 0) is 54.2 Å². The van der Waals surface area contributed by atoms with Crippen molar-refractivity contribution >= 4 is 17.8 Å². The molecule has 4 rings (SSSR count). The number of hydrogen-bond donors (Lipinski definition) is 0. The maximum atomic E-state index is 12.8. The zero-order valence-corrected chi connectivity index (χ0v) is 18.3. The highest BCUT2D eigenvalue weighted by Crippen LogP contribution is 2.52. The molecule has 3 aliphatic rings. The van der Waals surface area contributed by atoms with Gasteiger partial charge in [-0.1, -0.05) is 32.9 Å². The van der Waals surface area contributed by atoms with E-state index in [1.54, 1.807) is 12.1 Å². The van der Waals surface area contributed by atoms with Gasteiger partial charge in [0.25, 0.3) is 5.91 Å². The molecule has 1 saturated carbocycles. The zero-order chi connectivity index (χ0) is 21.5. The number of fused-ring (bicyclic) bond motifs is 2. The van der Waals surface area contributed by atoms with Gasteiger partial charge in [-0.2, -0.15) is 0 Å². The van der Waals surface area contributed by atoms with Crippen LogP contribution in [0.15, 0.2) is 24.3 Å². The Morgan fingerprint density at radius 3 is 2.53 bits per heavy atom. The van der Waals surface area contributed by atoms with E-state index in [-0.39, 0.29) is 35.3 Å². The molecule has 2 atom stereocenters. The van der Waals surface area contributed by atoms with Gasteiger partial charge >= 0.3 is 5.97 Å². The molecular formula is C24H32N2O4. The van der Waals surface area contributed by atoms with Gasteiger partial charge in [0.15, 0.2) is 6.61 Å². The standard InChI is InChI=1S/C24H32N2O4/c1-23(2)11-19-12-24(3,15-23)16-26(19)21(28)14-30-22(29)18-8-6-17(7-9-18)13-25-10-4-5-20(25)27/h6-9,19H,4-5,10-16H2,1-3H3/t19-,24+/m1/s1. The number of rotatable bonds is 5. The van der Waals surface area contributed by atoms with Crippen molar-refractivity contribution in [3.63, 3.8) is 0 Å². The molecule has 0 N–H and O–H groups in total. The van der Waals surface area contributed by atoms with Crippen molar-refractivity contribution in [2.45, 2.75) is 65.5 Å². The first-order valence-corrected chi connectivity index (χ1v) is 11.0. The Balaban J connectivity index is 1.30. The number of likely N-dealkylation sites (tertiary alicyclic amines) is 2. The van der Waals surface area contributed by atoms with Gasteiger partial charge in [-0.25, -0.2) is 4.79 Å². The van der Waals surface area contributed by atoms with Crippen LogP contribution in [0.5, 0.6) is 0 Å². The predicted octanol–water partition coefficient (Wildman–Crippen LogP) is 3.39. The third-order valence-corrected chi connectivity index (χ3v) is 6.80. The smallest absolute Gasteiger partial charge is 0.338 e. The van der Waals surface area contributed by atoms with E-state index < -0.39 is 5.97 Å². The molecule has 6 nitrogen and oxygen atoms in total. The van der Waals surface area contributed by atoms with Gasteiger partial charge in [0.2, 0.25) is 5.91 Å². The molecule has 2 amide bonds. The van der Waals surface area contributed by atoms with Crippen LogP contribution in [0, 0.1) is 10.8 Å². The van der Waals surface area contributed by atoms with Crippen molar-refractivity contribution in [2.24, 2.45) is 10.8 Å². The Morgan fingerprint density at radius 2 is 1.87 bits per heavy atom. The summed E-state index contributed by atoms with van der Waals surface area (Å²) in [7, 11) is 0. The second kappa shape index (κ2) is 7.71. The van der Waals surface area contributed by atoms with Crippen molar-refractivity contribution in [1.29, 1.82) is 0 Å². The topological polar surface area (TPSA) is 66.9 Å². The third-order valence-electron chi connectivity index (χ3n) is 6.80. The second-order valence-electron chi connectivity index (χ2n) is 10.4. The average Bonchev–Trinajstić information content (AvgIpc) is 3.18. The Kier molecular flexibility index (Phi) is 5.37. The maximum absolute atomic E-state index is 12.8. The van der Waals surface area contributed by atoms with E-state index in [2.05, 4.69) is 20.8 Å². The van der Waals surface area contributed by atoms with E-state index in [0.717, 1.165) is 44.3 Å². The average molecular weight is 413 g/mol. The molecule has 6 heteroatoms. The third kappa shape index (κ3) is 4.37. The summed E-state index contributed by atoms with van der Waals surface area (Å²) < 4.78 is 5.33. The first-order chi connectivity index (χ1) is 14.1. The van der Waals surface area contributed by atoms with Crippen LogP contribution in [0.1, 0.15) is 68.8 Å². The van der Waals surface area contributed by atoms with Crippen molar-refractivity contribution in [3.05, 3.63) is 35.4 Å². The highest BCUT2D eigenvalue weighted by molar-refractivity contribution is 5.91. The summed E-state index contributed by atoms with van der Waals surface area (Å²) in [5, 5.41) is 0. The lowest BCUT2D eigenvalue weighted by molar-refractivity contribution is -0.135. The minimum atomic E-state index is -0.485. The van der Waals surface area contributed by atoms with Gasteiger partial charge in [-0.15, -0.1) is 0 Å². The molecule has 2 saturated heterocycles. The van der Waals surface area contributed by atoms with Crippen molar-refractivity contribution in [3.8, 4) is 0 Å². The van der Waals surface area contributed by atoms with Gasteiger partial charge < -0.3 is 14.5 Å². The minimum Gasteiger partial charge on any atom is -0.452 e. The Morgan fingerprint density at radius 1 is 1.13 bits per heavy atom. The summed E-state index contributed by atoms with van der Waals surface area (Å²) >= 11 is 0. The number of carbonyl (C=O) groups excluding carboxylic acids is 3. The van der Waals surface area contributed by atoms with Gasteiger partial charge in [0.05, 0.1) is 5.56 Å². The van der Waals surface area contributed by atoms with Crippen LogP contribution in [-0.4, -0.2) is 53.3 Å². The molecule has 162 valence electrons. The van der Waals surface area contributed by atoms with Crippen LogP contribution in [0.25, 0.3) is 0 Å². The van der Waals surface area contributed by atoms with Crippen LogP contribution < -0.4 is 0 Å². The fourth-order valence-electron chi connectivity index (χ4n) is 5.88. The van der Waals surface area contributed by atoms with E-state index in [4.69, 9.17) is 4.74 Å². The summed E-state index contributed by atoms with van der Waals surface area (Å²) in [4.78, 5) is 40.7. The number of benzene rings is 1. The summed E-state index contributed by atoms with van der Waals surface area (Å²) in [6.45, 7) is 8.70. The minimum absolute atomic E-state index is 0.0982.